The number of benzene rings is 8. The van der Waals surface area contributed by atoms with Crippen molar-refractivity contribution in [3.05, 3.63) is 188 Å². The molecular weight excluding hydrogens is 651 g/mol. The van der Waals surface area contributed by atoms with Gasteiger partial charge in [-0.2, -0.15) is 0 Å². The van der Waals surface area contributed by atoms with Crippen molar-refractivity contribution in [2.24, 2.45) is 0 Å². The van der Waals surface area contributed by atoms with E-state index < -0.39 is 0 Å². The van der Waals surface area contributed by atoms with Crippen LogP contribution in [0.3, 0.4) is 0 Å². The molecule has 0 aliphatic carbocycles. The molecule has 2 aromatic heterocycles. The van der Waals surface area contributed by atoms with Gasteiger partial charge < -0.3 is 13.7 Å². The monoisotopic (exact) mass is 681 g/mol. The summed E-state index contributed by atoms with van der Waals surface area (Å²) in [4.78, 5) is 11.7. The van der Waals surface area contributed by atoms with Crippen molar-refractivity contribution in [2.75, 3.05) is 4.90 Å². The number of aromatic nitrogens is 2. The zero-order valence-corrected chi connectivity index (χ0v) is 28.6. The van der Waals surface area contributed by atoms with Gasteiger partial charge in [-0.3, -0.25) is 0 Å². The SMILES string of the molecule is c1ccc(N(c2ccc(-c3ccc(-c4ccc5nc(-c6ccc7ccccc7c6)oc5c4)cc3)cc2)c2ccc(-c3nc4ccccc4o3)cc2)cc1. The lowest BCUT2D eigenvalue weighted by molar-refractivity contribution is 0.619. The third-order valence-electron chi connectivity index (χ3n) is 9.74. The van der Waals surface area contributed by atoms with Gasteiger partial charge >= 0.3 is 0 Å². The summed E-state index contributed by atoms with van der Waals surface area (Å²) in [6, 6.07) is 64.9. The molecular formula is C48H31N3O2. The standard InChI is InChI=1S/C48H31N3O2/c1-2-10-40(11-3-1)51(42-27-22-36(23-28-42)47-49-43-12-6-7-13-45(43)52-47)41-25-20-34(21-26-41)33-14-16-35(17-15-33)38-24-29-44-46(31-38)53-48(50-44)39-19-18-32-8-4-5-9-37(32)30-39/h1-31H. The summed E-state index contributed by atoms with van der Waals surface area (Å²) >= 11 is 0. The summed E-state index contributed by atoms with van der Waals surface area (Å²) in [6.45, 7) is 0. The lowest BCUT2D eigenvalue weighted by Crippen LogP contribution is -2.09. The van der Waals surface area contributed by atoms with Crippen molar-refractivity contribution in [2.45, 2.75) is 0 Å². The van der Waals surface area contributed by atoms with E-state index in [2.05, 4.69) is 162 Å². The van der Waals surface area contributed by atoms with Crippen LogP contribution < -0.4 is 4.90 Å². The lowest BCUT2D eigenvalue weighted by atomic mass is 10.00. The zero-order chi connectivity index (χ0) is 35.1. The van der Waals surface area contributed by atoms with Gasteiger partial charge in [-0.25, -0.2) is 9.97 Å². The first-order valence-corrected chi connectivity index (χ1v) is 17.6. The smallest absolute Gasteiger partial charge is 0.227 e. The molecule has 10 rings (SSSR count). The maximum Gasteiger partial charge on any atom is 0.227 e. The highest BCUT2D eigenvalue weighted by atomic mass is 16.4. The molecule has 5 heteroatoms. The number of anilines is 3. The molecule has 0 atom stereocenters. The van der Waals surface area contributed by atoms with E-state index in [0.717, 1.165) is 72.6 Å². The van der Waals surface area contributed by atoms with Gasteiger partial charge in [0.15, 0.2) is 11.2 Å². The molecule has 0 amide bonds. The van der Waals surface area contributed by atoms with Crippen LogP contribution in [0.5, 0.6) is 0 Å². The van der Waals surface area contributed by atoms with E-state index >= 15 is 0 Å². The highest BCUT2D eigenvalue weighted by Gasteiger charge is 2.15. The Bertz CT molecular complexity index is 2840. The Morgan fingerprint density at radius 1 is 0.321 bits per heavy atom. The summed E-state index contributed by atoms with van der Waals surface area (Å²) in [5.74, 6) is 1.24. The molecule has 0 aliphatic rings. The first-order valence-electron chi connectivity index (χ1n) is 17.6. The summed E-state index contributed by atoms with van der Waals surface area (Å²) in [6.07, 6.45) is 0. The van der Waals surface area contributed by atoms with Gasteiger partial charge in [0.25, 0.3) is 0 Å². The van der Waals surface area contributed by atoms with E-state index in [4.69, 9.17) is 13.8 Å². The molecule has 0 spiro atoms. The minimum Gasteiger partial charge on any atom is -0.436 e. The van der Waals surface area contributed by atoms with E-state index in [0.29, 0.717) is 11.8 Å². The van der Waals surface area contributed by atoms with Crippen LogP contribution in [-0.2, 0) is 0 Å². The summed E-state index contributed by atoms with van der Waals surface area (Å²) in [7, 11) is 0. The maximum absolute atomic E-state index is 6.27. The molecule has 0 unspecified atom stereocenters. The fourth-order valence-corrected chi connectivity index (χ4v) is 6.98. The number of hydrogen-bond acceptors (Lipinski definition) is 5. The van der Waals surface area contributed by atoms with Gasteiger partial charge in [-0.05, 0) is 118 Å². The summed E-state index contributed by atoms with van der Waals surface area (Å²) < 4.78 is 12.3. The van der Waals surface area contributed by atoms with E-state index in [1.54, 1.807) is 0 Å². The number of nitrogens with zero attached hydrogens (tertiary/aromatic N) is 3. The summed E-state index contributed by atoms with van der Waals surface area (Å²) in [5.41, 5.74) is 12.8. The van der Waals surface area contributed by atoms with Crippen molar-refractivity contribution in [3.8, 4) is 45.2 Å². The van der Waals surface area contributed by atoms with Gasteiger partial charge in [0.1, 0.15) is 11.0 Å². The Hall–Kier alpha value is -7.24. The molecule has 2 heterocycles. The molecule has 0 saturated carbocycles. The quantitative estimate of drug-likeness (QED) is 0.168. The molecule has 8 aromatic carbocycles. The molecule has 0 saturated heterocycles. The largest absolute Gasteiger partial charge is 0.436 e. The highest BCUT2D eigenvalue weighted by Crippen LogP contribution is 2.37. The van der Waals surface area contributed by atoms with Crippen LogP contribution in [-0.4, -0.2) is 9.97 Å². The number of oxazole rings is 2. The Kier molecular flexibility index (Phi) is 7.40. The molecule has 0 aliphatic heterocycles. The second-order valence-electron chi connectivity index (χ2n) is 13.1. The van der Waals surface area contributed by atoms with Gasteiger partial charge in [-0.1, -0.05) is 103 Å². The number of hydrogen-bond donors (Lipinski definition) is 0. The van der Waals surface area contributed by atoms with Crippen LogP contribution in [0.25, 0.3) is 78.1 Å². The van der Waals surface area contributed by atoms with Crippen LogP contribution in [0.4, 0.5) is 17.1 Å². The van der Waals surface area contributed by atoms with Crippen molar-refractivity contribution in [3.63, 3.8) is 0 Å². The van der Waals surface area contributed by atoms with E-state index in [1.807, 2.05) is 36.4 Å². The molecule has 53 heavy (non-hydrogen) atoms. The van der Waals surface area contributed by atoms with Crippen LogP contribution in [0, 0.1) is 0 Å². The Morgan fingerprint density at radius 3 is 1.53 bits per heavy atom. The second kappa shape index (κ2) is 12.8. The van der Waals surface area contributed by atoms with Gasteiger partial charge in [0, 0.05) is 28.2 Å². The highest BCUT2D eigenvalue weighted by molar-refractivity contribution is 5.88. The normalized spacial score (nSPS) is 11.4. The third kappa shape index (κ3) is 5.80. The topological polar surface area (TPSA) is 55.3 Å². The van der Waals surface area contributed by atoms with Crippen LogP contribution in [0.1, 0.15) is 0 Å². The Labute approximate surface area is 306 Å². The van der Waals surface area contributed by atoms with Crippen molar-refractivity contribution in [1.82, 2.24) is 9.97 Å². The third-order valence-corrected chi connectivity index (χ3v) is 9.74. The van der Waals surface area contributed by atoms with E-state index in [1.165, 1.54) is 10.8 Å². The summed E-state index contributed by atoms with van der Waals surface area (Å²) in [5, 5.41) is 2.36. The van der Waals surface area contributed by atoms with Crippen molar-refractivity contribution >= 4 is 50.0 Å². The average molecular weight is 682 g/mol. The maximum atomic E-state index is 6.27. The molecule has 250 valence electrons. The second-order valence-corrected chi connectivity index (χ2v) is 13.1. The van der Waals surface area contributed by atoms with Crippen LogP contribution in [0.2, 0.25) is 0 Å². The zero-order valence-electron chi connectivity index (χ0n) is 28.6. The minimum absolute atomic E-state index is 0.615. The average Bonchev–Trinajstić information content (AvgIpc) is 3.87. The number of para-hydroxylation sites is 3. The molecule has 0 radical (unpaired) electrons. The minimum atomic E-state index is 0.615. The van der Waals surface area contributed by atoms with Crippen LogP contribution in [0.15, 0.2) is 197 Å². The molecule has 0 fully saturated rings. The van der Waals surface area contributed by atoms with E-state index in [-0.39, 0.29) is 0 Å². The first kappa shape index (κ1) is 30.6. The Morgan fingerprint density at radius 2 is 0.811 bits per heavy atom. The van der Waals surface area contributed by atoms with E-state index in [9.17, 15) is 0 Å². The fourth-order valence-electron chi connectivity index (χ4n) is 6.98. The van der Waals surface area contributed by atoms with Gasteiger partial charge in [0.05, 0.1) is 0 Å². The molecule has 0 N–H and O–H groups in total. The Balaban J connectivity index is 0.903. The molecule has 0 bridgehead atoms. The van der Waals surface area contributed by atoms with Crippen molar-refractivity contribution in [1.29, 1.82) is 0 Å². The molecule has 5 nitrogen and oxygen atoms in total. The van der Waals surface area contributed by atoms with Crippen molar-refractivity contribution < 1.29 is 8.83 Å². The van der Waals surface area contributed by atoms with Gasteiger partial charge in [0.2, 0.25) is 11.8 Å². The predicted octanol–water partition coefficient (Wildman–Crippen LogP) is 13.3. The lowest BCUT2D eigenvalue weighted by Gasteiger charge is -2.25. The van der Waals surface area contributed by atoms with Gasteiger partial charge in [-0.15, -0.1) is 0 Å². The fraction of sp³-hybridized carbons (Fsp3) is 0. The number of rotatable bonds is 7. The molecule has 10 aromatic rings. The predicted molar refractivity (Wildman–Crippen MR) is 216 cm³/mol. The number of fused-ring (bicyclic) bond motifs is 3. The van der Waals surface area contributed by atoms with Crippen LogP contribution >= 0.6 is 0 Å². The first-order chi connectivity index (χ1) is 26.2.